The molecule has 0 unspecified atom stereocenters. The van der Waals surface area contributed by atoms with Crippen LogP contribution in [0.25, 0.3) is 0 Å². The van der Waals surface area contributed by atoms with Gasteiger partial charge in [0.25, 0.3) is 0 Å². The van der Waals surface area contributed by atoms with Gasteiger partial charge in [-0.05, 0) is 43.1 Å². The van der Waals surface area contributed by atoms with Crippen molar-refractivity contribution in [2.75, 3.05) is 6.61 Å². The minimum absolute atomic E-state index is 0.376. The fraction of sp³-hybridized carbons (Fsp3) is 0.538. The van der Waals surface area contributed by atoms with Crippen molar-refractivity contribution in [3.63, 3.8) is 0 Å². The molecule has 2 rings (SSSR count). The molecule has 1 N–H and O–H groups in total. The first-order chi connectivity index (χ1) is 6.90. The molecule has 1 saturated carbocycles. The molecule has 1 heteroatoms. The molecule has 1 aliphatic rings. The average Bonchev–Trinajstić information content (AvgIpc) is 2.30. The van der Waals surface area contributed by atoms with Gasteiger partial charge in [-0.1, -0.05) is 30.3 Å². The molecule has 14 heavy (non-hydrogen) atoms. The highest BCUT2D eigenvalue weighted by molar-refractivity contribution is 5.19. The predicted octanol–water partition coefficient (Wildman–Crippen LogP) is 2.95. The van der Waals surface area contributed by atoms with Crippen LogP contribution >= 0.6 is 0 Å². The van der Waals surface area contributed by atoms with E-state index in [2.05, 4.69) is 30.3 Å². The van der Waals surface area contributed by atoms with Gasteiger partial charge in [0.2, 0.25) is 0 Å². The van der Waals surface area contributed by atoms with Crippen molar-refractivity contribution in [3.05, 3.63) is 35.9 Å². The molecule has 0 bridgehead atoms. The fourth-order valence-corrected chi connectivity index (χ4v) is 2.40. The summed E-state index contributed by atoms with van der Waals surface area (Å²) in [6, 6.07) is 10.8. The van der Waals surface area contributed by atoms with E-state index in [4.69, 9.17) is 5.11 Å². The van der Waals surface area contributed by atoms with E-state index in [1.165, 1.54) is 31.2 Å². The molecule has 1 nitrogen and oxygen atoms in total. The van der Waals surface area contributed by atoms with Gasteiger partial charge >= 0.3 is 0 Å². The summed E-state index contributed by atoms with van der Waals surface area (Å²) in [5, 5.41) is 9.05. The summed E-state index contributed by atoms with van der Waals surface area (Å²) in [6.07, 6.45) is 4.87. The van der Waals surface area contributed by atoms with Crippen molar-refractivity contribution in [3.8, 4) is 0 Å². The summed E-state index contributed by atoms with van der Waals surface area (Å²) in [5.41, 5.74) is 1.48. The van der Waals surface area contributed by atoms with E-state index in [-0.39, 0.29) is 0 Å². The molecule has 0 aromatic heterocycles. The molecule has 0 atom stereocenters. The van der Waals surface area contributed by atoms with Crippen LogP contribution < -0.4 is 0 Å². The third kappa shape index (κ3) is 2.16. The molecule has 0 radical (unpaired) electrons. The van der Waals surface area contributed by atoms with Crippen molar-refractivity contribution in [1.29, 1.82) is 0 Å². The molecule has 0 heterocycles. The summed E-state index contributed by atoms with van der Waals surface area (Å²) in [6.45, 7) is 0.376. The lowest BCUT2D eigenvalue weighted by Gasteiger charge is -2.27. The number of aliphatic hydroxyl groups excluding tert-OH is 1. The van der Waals surface area contributed by atoms with E-state index < -0.39 is 0 Å². The minimum Gasteiger partial charge on any atom is -0.396 e. The lowest BCUT2D eigenvalue weighted by atomic mass is 9.79. The first-order valence-electron chi connectivity index (χ1n) is 5.56. The summed E-state index contributed by atoms with van der Waals surface area (Å²) >= 11 is 0. The Hall–Kier alpha value is -0.820. The molecule has 1 aromatic carbocycles. The molecular formula is C13H18O. The number of hydrogen-bond donors (Lipinski definition) is 1. The molecule has 0 spiro atoms. The van der Waals surface area contributed by atoms with Crippen molar-refractivity contribution >= 4 is 0 Å². The number of rotatable bonds is 2. The summed E-state index contributed by atoms with van der Waals surface area (Å²) in [5.74, 6) is 1.30. The highest BCUT2D eigenvalue weighted by Crippen LogP contribution is 2.35. The molecule has 76 valence electrons. The highest BCUT2D eigenvalue weighted by Gasteiger charge is 2.21. The Kier molecular flexibility index (Phi) is 3.20. The predicted molar refractivity (Wildman–Crippen MR) is 58.2 cm³/mol. The van der Waals surface area contributed by atoms with Gasteiger partial charge < -0.3 is 5.11 Å². The second-order valence-electron chi connectivity index (χ2n) is 4.31. The average molecular weight is 190 g/mol. The topological polar surface area (TPSA) is 20.2 Å². The summed E-state index contributed by atoms with van der Waals surface area (Å²) in [7, 11) is 0. The highest BCUT2D eigenvalue weighted by atomic mass is 16.3. The van der Waals surface area contributed by atoms with E-state index in [9.17, 15) is 0 Å². The number of aliphatic hydroxyl groups is 1. The normalized spacial score (nSPS) is 27.5. The van der Waals surface area contributed by atoms with Crippen molar-refractivity contribution in [2.24, 2.45) is 5.92 Å². The maximum absolute atomic E-state index is 9.05. The van der Waals surface area contributed by atoms with Gasteiger partial charge in [0.1, 0.15) is 0 Å². The van der Waals surface area contributed by atoms with E-state index in [1.54, 1.807) is 0 Å². The molecular weight excluding hydrogens is 172 g/mol. The van der Waals surface area contributed by atoms with Gasteiger partial charge in [0.05, 0.1) is 0 Å². The Morgan fingerprint density at radius 3 is 2.21 bits per heavy atom. The van der Waals surface area contributed by atoms with Gasteiger partial charge in [-0.25, -0.2) is 0 Å². The maximum Gasteiger partial charge on any atom is 0.0459 e. The first kappa shape index (κ1) is 9.72. The van der Waals surface area contributed by atoms with Gasteiger partial charge in [0, 0.05) is 6.61 Å². The Morgan fingerprint density at radius 2 is 1.64 bits per heavy atom. The molecule has 0 amide bonds. The van der Waals surface area contributed by atoms with Crippen LogP contribution in [0.1, 0.15) is 37.2 Å². The van der Waals surface area contributed by atoms with E-state index in [0.717, 1.165) is 5.92 Å². The van der Waals surface area contributed by atoms with Crippen LogP contribution in [-0.4, -0.2) is 11.7 Å². The smallest absolute Gasteiger partial charge is 0.0459 e. The van der Waals surface area contributed by atoms with Gasteiger partial charge in [-0.15, -0.1) is 0 Å². The zero-order chi connectivity index (χ0) is 9.80. The number of hydrogen-bond acceptors (Lipinski definition) is 1. The summed E-state index contributed by atoms with van der Waals surface area (Å²) in [4.78, 5) is 0. The Balaban J connectivity index is 1.96. The van der Waals surface area contributed by atoms with Crippen LogP contribution in [0.2, 0.25) is 0 Å². The number of benzene rings is 1. The third-order valence-electron chi connectivity index (χ3n) is 3.38. The van der Waals surface area contributed by atoms with Crippen LogP contribution in [0.3, 0.4) is 0 Å². The zero-order valence-corrected chi connectivity index (χ0v) is 8.52. The largest absolute Gasteiger partial charge is 0.396 e. The fourth-order valence-electron chi connectivity index (χ4n) is 2.40. The van der Waals surface area contributed by atoms with Gasteiger partial charge in [-0.2, -0.15) is 0 Å². The second kappa shape index (κ2) is 4.61. The van der Waals surface area contributed by atoms with Crippen molar-refractivity contribution < 1.29 is 5.11 Å². The molecule has 0 aliphatic heterocycles. The maximum atomic E-state index is 9.05. The molecule has 1 fully saturated rings. The Bertz CT molecular complexity index is 260. The van der Waals surface area contributed by atoms with Crippen LogP contribution in [0.5, 0.6) is 0 Å². The van der Waals surface area contributed by atoms with Crippen LogP contribution in [0.15, 0.2) is 30.3 Å². The zero-order valence-electron chi connectivity index (χ0n) is 8.52. The molecule has 1 aliphatic carbocycles. The third-order valence-corrected chi connectivity index (χ3v) is 3.38. The van der Waals surface area contributed by atoms with Crippen molar-refractivity contribution in [2.45, 2.75) is 31.6 Å². The van der Waals surface area contributed by atoms with Gasteiger partial charge in [-0.3, -0.25) is 0 Å². The lowest BCUT2D eigenvalue weighted by Crippen LogP contribution is -2.15. The van der Waals surface area contributed by atoms with Crippen LogP contribution in [0, 0.1) is 5.92 Å². The Morgan fingerprint density at radius 1 is 1.00 bits per heavy atom. The monoisotopic (exact) mass is 190 g/mol. The molecule has 0 saturated heterocycles. The standard InChI is InChI=1S/C13H18O/c14-10-11-6-8-13(9-7-11)12-4-2-1-3-5-12/h1-5,11,13-14H,6-10H2. The van der Waals surface area contributed by atoms with Crippen LogP contribution in [-0.2, 0) is 0 Å². The van der Waals surface area contributed by atoms with Crippen molar-refractivity contribution in [1.82, 2.24) is 0 Å². The van der Waals surface area contributed by atoms with E-state index in [0.29, 0.717) is 12.5 Å². The van der Waals surface area contributed by atoms with Crippen LogP contribution in [0.4, 0.5) is 0 Å². The second-order valence-corrected chi connectivity index (χ2v) is 4.31. The minimum atomic E-state index is 0.376. The SMILES string of the molecule is OCC1CCC(c2ccccc2)CC1. The molecule has 1 aromatic rings. The van der Waals surface area contributed by atoms with E-state index >= 15 is 0 Å². The Labute approximate surface area is 85.8 Å². The first-order valence-corrected chi connectivity index (χ1v) is 5.56. The summed E-state index contributed by atoms with van der Waals surface area (Å²) < 4.78 is 0. The van der Waals surface area contributed by atoms with Gasteiger partial charge in [0.15, 0.2) is 0 Å². The lowest BCUT2D eigenvalue weighted by molar-refractivity contribution is 0.182. The quantitative estimate of drug-likeness (QED) is 0.760. The van der Waals surface area contributed by atoms with E-state index in [1.807, 2.05) is 0 Å².